The van der Waals surface area contributed by atoms with Crippen molar-refractivity contribution in [1.29, 1.82) is 0 Å². The number of nitrogens with zero attached hydrogens (tertiary/aromatic N) is 1. The molecule has 0 fully saturated rings. The molecule has 0 unspecified atom stereocenters. The fourth-order valence-electron chi connectivity index (χ4n) is 1.91. The van der Waals surface area contributed by atoms with Gasteiger partial charge in [0.25, 0.3) is 0 Å². The van der Waals surface area contributed by atoms with Crippen LogP contribution in [0.3, 0.4) is 0 Å². The molecule has 0 aliphatic heterocycles. The van der Waals surface area contributed by atoms with Crippen LogP contribution < -0.4 is 11.1 Å². The second-order valence-electron chi connectivity index (χ2n) is 5.04. The molecular weight excluding hydrogens is 257 g/mol. The van der Waals surface area contributed by atoms with Gasteiger partial charge in [-0.15, -0.1) is 0 Å². The number of hydrogen-bond donors (Lipinski definition) is 2. The van der Waals surface area contributed by atoms with Crippen molar-refractivity contribution >= 4 is 17.3 Å². The van der Waals surface area contributed by atoms with Crippen LogP contribution in [0.4, 0.5) is 15.8 Å². The van der Waals surface area contributed by atoms with Gasteiger partial charge < -0.3 is 16.0 Å². The van der Waals surface area contributed by atoms with Crippen LogP contribution in [0.1, 0.15) is 32.6 Å². The number of halogens is 1. The van der Waals surface area contributed by atoms with Gasteiger partial charge in [0.05, 0.1) is 11.4 Å². The molecule has 1 rings (SSSR count). The van der Waals surface area contributed by atoms with Crippen molar-refractivity contribution in [3.8, 4) is 0 Å². The summed E-state index contributed by atoms with van der Waals surface area (Å²) < 4.78 is 12.9. The monoisotopic (exact) mass is 281 g/mol. The molecule has 1 aromatic rings. The van der Waals surface area contributed by atoms with Crippen molar-refractivity contribution in [3.63, 3.8) is 0 Å². The van der Waals surface area contributed by atoms with Gasteiger partial charge in [0, 0.05) is 6.42 Å². The van der Waals surface area contributed by atoms with Gasteiger partial charge in [-0.25, -0.2) is 4.39 Å². The van der Waals surface area contributed by atoms with Crippen molar-refractivity contribution in [2.45, 2.75) is 32.6 Å². The minimum absolute atomic E-state index is 0.0906. The van der Waals surface area contributed by atoms with E-state index in [1.165, 1.54) is 31.0 Å². The van der Waals surface area contributed by atoms with Crippen LogP contribution in [0, 0.1) is 5.82 Å². The number of rotatable bonds is 8. The lowest BCUT2D eigenvalue weighted by Crippen LogP contribution is -2.22. The highest BCUT2D eigenvalue weighted by atomic mass is 19.1. The van der Waals surface area contributed by atoms with Gasteiger partial charge in [-0.2, -0.15) is 0 Å². The first-order valence-corrected chi connectivity index (χ1v) is 7.06. The molecule has 3 N–H and O–H groups in total. The first kappa shape index (κ1) is 16.4. The minimum atomic E-state index is -0.405. The molecule has 0 heterocycles. The topological polar surface area (TPSA) is 58.4 Å². The molecule has 0 atom stereocenters. The lowest BCUT2D eigenvalue weighted by atomic mass is 10.2. The number of carbonyl (C=O) groups excluding carboxylic acids is 1. The number of nitrogens with two attached hydrogens (primary N) is 1. The van der Waals surface area contributed by atoms with E-state index in [0.717, 1.165) is 19.5 Å². The predicted molar refractivity (Wildman–Crippen MR) is 81.1 cm³/mol. The van der Waals surface area contributed by atoms with Crippen molar-refractivity contribution in [3.05, 3.63) is 24.0 Å². The maximum Gasteiger partial charge on any atom is 0.224 e. The number of unbranched alkanes of at least 4 members (excludes halogenated alkanes) is 1. The lowest BCUT2D eigenvalue weighted by Gasteiger charge is -2.15. The molecule has 112 valence electrons. The average Bonchev–Trinajstić information content (AvgIpc) is 2.39. The zero-order valence-electron chi connectivity index (χ0n) is 12.3. The molecule has 0 aromatic heterocycles. The van der Waals surface area contributed by atoms with E-state index >= 15 is 0 Å². The van der Waals surface area contributed by atoms with Gasteiger partial charge in [0.15, 0.2) is 0 Å². The Morgan fingerprint density at radius 3 is 2.70 bits per heavy atom. The first-order chi connectivity index (χ1) is 9.52. The second kappa shape index (κ2) is 8.53. The Morgan fingerprint density at radius 2 is 2.05 bits per heavy atom. The van der Waals surface area contributed by atoms with Gasteiger partial charge >= 0.3 is 0 Å². The van der Waals surface area contributed by atoms with Crippen LogP contribution in [-0.2, 0) is 4.79 Å². The van der Waals surface area contributed by atoms with Gasteiger partial charge in [-0.1, -0.05) is 13.3 Å². The highest BCUT2D eigenvalue weighted by molar-refractivity contribution is 5.93. The van der Waals surface area contributed by atoms with E-state index in [9.17, 15) is 9.18 Å². The largest absolute Gasteiger partial charge is 0.397 e. The van der Waals surface area contributed by atoms with Gasteiger partial charge in [0.2, 0.25) is 5.91 Å². The molecule has 20 heavy (non-hydrogen) atoms. The number of nitrogens with one attached hydrogen (secondary N) is 1. The first-order valence-electron chi connectivity index (χ1n) is 7.06. The van der Waals surface area contributed by atoms with Gasteiger partial charge in [-0.3, -0.25) is 4.79 Å². The molecule has 0 radical (unpaired) electrons. The van der Waals surface area contributed by atoms with E-state index in [1.54, 1.807) is 0 Å². The number of carbonyl (C=O) groups is 1. The Morgan fingerprint density at radius 1 is 1.35 bits per heavy atom. The Kier molecular flexibility index (Phi) is 7.01. The zero-order valence-corrected chi connectivity index (χ0v) is 12.3. The minimum Gasteiger partial charge on any atom is -0.397 e. The van der Waals surface area contributed by atoms with Crippen LogP contribution in [0.25, 0.3) is 0 Å². The van der Waals surface area contributed by atoms with E-state index < -0.39 is 5.82 Å². The molecule has 5 heteroatoms. The fraction of sp³-hybridized carbons (Fsp3) is 0.533. The van der Waals surface area contributed by atoms with Crippen LogP contribution in [-0.4, -0.2) is 30.9 Å². The summed E-state index contributed by atoms with van der Waals surface area (Å²) in [6.45, 7) is 4.11. The molecule has 0 saturated heterocycles. The SMILES string of the molecule is CCCCN(C)CCCC(=O)Nc1ccc(F)cc1N. The molecule has 4 nitrogen and oxygen atoms in total. The Hall–Kier alpha value is -1.62. The Labute approximate surface area is 120 Å². The molecular formula is C15H24FN3O. The summed E-state index contributed by atoms with van der Waals surface area (Å²) in [5.41, 5.74) is 6.36. The predicted octanol–water partition coefficient (Wildman–Crippen LogP) is 2.86. The third kappa shape index (κ3) is 6.02. The molecule has 0 aliphatic carbocycles. The summed E-state index contributed by atoms with van der Waals surface area (Å²) in [7, 11) is 2.06. The summed E-state index contributed by atoms with van der Waals surface area (Å²) >= 11 is 0. The van der Waals surface area contributed by atoms with Gasteiger partial charge in [-0.05, 0) is 51.2 Å². The maximum absolute atomic E-state index is 12.9. The van der Waals surface area contributed by atoms with E-state index in [4.69, 9.17) is 5.73 Å². The number of benzene rings is 1. The lowest BCUT2D eigenvalue weighted by molar-refractivity contribution is -0.116. The molecule has 1 aromatic carbocycles. The summed E-state index contributed by atoms with van der Waals surface area (Å²) in [4.78, 5) is 14.0. The zero-order chi connectivity index (χ0) is 15.0. The van der Waals surface area contributed by atoms with Crippen molar-refractivity contribution < 1.29 is 9.18 Å². The van der Waals surface area contributed by atoms with E-state index in [2.05, 4.69) is 24.2 Å². The van der Waals surface area contributed by atoms with Crippen LogP contribution in [0.5, 0.6) is 0 Å². The van der Waals surface area contributed by atoms with Crippen LogP contribution >= 0.6 is 0 Å². The Bertz CT molecular complexity index is 437. The van der Waals surface area contributed by atoms with Crippen LogP contribution in [0.15, 0.2) is 18.2 Å². The molecule has 0 bridgehead atoms. The van der Waals surface area contributed by atoms with E-state index in [0.29, 0.717) is 12.1 Å². The smallest absolute Gasteiger partial charge is 0.224 e. The fourth-order valence-corrected chi connectivity index (χ4v) is 1.91. The van der Waals surface area contributed by atoms with Crippen molar-refractivity contribution in [2.24, 2.45) is 0 Å². The number of nitrogen functional groups attached to an aromatic ring is 1. The third-order valence-electron chi connectivity index (χ3n) is 3.12. The standard InChI is InChI=1S/C15H24FN3O/c1-3-4-9-19(2)10-5-6-15(20)18-14-8-7-12(16)11-13(14)17/h7-8,11H,3-6,9-10,17H2,1-2H3,(H,18,20). The number of hydrogen-bond acceptors (Lipinski definition) is 3. The average molecular weight is 281 g/mol. The van der Waals surface area contributed by atoms with Crippen molar-refractivity contribution in [2.75, 3.05) is 31.2 Å². The van der Waals surface area contributed by atoms with E-state index in [-0.39, 0.29) is 11.6 Å². The molecule has 0 saturated carbocycles. The summed E-state index contributed by atoms with van der Waals surface area (Å²) in [5, 5.41) is 2.71. The maximum atomic E-state index is 12.9. The highest BCUT2D eigenvalue weighted by Crippen LogP contribution is 2.19. The summed E-state index contributed by atoms with van der Waals surface area (Å²) in [6, 6.07) is 3.97. The second-order valence-corrected chi connectivity index (χ2v) is 5.04. The quantitative estimate of drug-likeness (QED) is 0.720. The normalized spacial score (nSPS) is 10.8. The third-order valence-corrected chi connectivity index (χ3v) is 3.12. The summed E-state index contributed by atoms with van der Waals surface area (Å²) in [5.74, 6) is -0.495. The summed E-state index contributed by atoms with van der Waals surface area (Å²) in [6.07, 6.45) is 3.59. The van der Waals surface area contributed by atoms with Gasteiger partial charge in [0.1, 0.15) is 5.82 Å². The Balaban J connectivity index is 2.30. The molecule has 0 spiro atoms. The van der Waals surface area contributed by atoms with Crippen molar-refractivity contribution in [1.82, 2.24) is 4.90 Å². The van der Waals surface area contributed by atoms with E-state index in [1.807, 2.05) is 0 Å². The number of amides is 1. The molecule has 1 amide bonds. The van der Waals surface area contributed by atoms with Crippen LogP contribution in [0.2, 0.25) is 0 Å². The highest BCUT2D eigenvalue weighted by Gasteiger charge is 2.06. The number of anilines is 2. The molecule has 0 aliphatic rings.